The number of hydrogen-bond donors (Lipinski definition) is 1. The highest BCUT2D eigenvalue weighted by atomic mass is 19.1. The van der Waals surface area contributed by atoms with Crippen molar-refractivity contribution in [3.8, 4) is 11.5 Å². The van der Waals surface area contributed by atoms with E-state index < -0.39 is 41.1 Å². The van der Waals surface area contributed by atoms with E-state index in [1.807, 2.05) is 0 Å². The minimum atomic E-state index is -0.723. The Bertz CT molecular complexity index is 1710. The van der Waals surface area contributed by atoms with Crippen molar-refractivity contribution in [1.29, 1.82) is 0 Å². The van der Waals surface area contributed by atoms with Crippen LogP contribution in [0.3, 0.4) is 0 Å². The zero-order valence-electron chi connectivity index (χ0n) is 27.7. The van der Waals surface area contributed by atoms with Gasteiger partial charge in [0.05, 0.1) is 26.2 Å². The molecule has 0 saturated carbocycles. The second-order valence-electron chi connectivity index (χ2n) is 11.3. The first-order chi connectivity index (χ1) is 24.0. The van der Waals surface area contributed by atoms with Gasteiger partial charge in [-0.3, -0.25) is 4.79 Å². The fraction of sp³-hybridized carbons (Fsp3) is 0.282. The van der Waals surface area contributed by atoms with Crippen molar-refractivity contribution in [2.24, 2.45) is 0 Å². The Kier molecular flexibility index (Phi) is 14.0. The molecule has 1 saturated heterocycles. The Morgan fingerprint density at radius 1 is 0.780 bits per heavy atom. The lowest BCUT2D eigenvalue weighted by Crippen LogP contribution is -2.24. The van der Waals surface area contributed by atoms with Crippen LogP contribution in [0.15, 0.2) is 91.0 Å². The predicted molar refractivity (Wildman–Crippen MR) is 178 cm³/mol. The number of rotatable bonds is 11. The first-order valence-corrected chi connectivity index (χ1v) is 16.2. The Hall–Kier alpha value is -5.16. The van der Waals surface area contributed by atoms with E-state index in [0.717, 1.165) is 31.4 Å². The largest absolute Gasteiger partial charge is 0.508 e. The van der Waals surface area contributed by atoms with Crippen LogP contribution in [0.25, 0.3) is 5.57 Å². The number of benzene rings is 4. The lowest BCUT2D eigenvalue weighted by molar-refractivity contribution is -0.143. The zero-order chi connectivity index (χ0) is 36.0. The predicted octanol–water partition coefficient (Wildman–Crippen LogP) is 8.62. The molecule has 1 aliphatic rings. The van der Waals surface area contributed by atoms with Gasteiger partial charge in [-0.25, -0.2) is 22.4 Å². The molecule has 0 radical (unpaired) electrons. The quantitative estimate of drug-likeness (QED) is 0.0955. The van der Waals surface area contributed by atoms with Crippen molar-refractivity contribution < 1.29 is 51.2 Å². The monoisotopic (exact) mass is 694 g/mol. The molecule has 1 fully saturated rings. The summed E-state index contributed by atoms with van der Waals surface area (Å²) in [7, 11) is 0. The van der Waals surface area contributed by atoms with Crippen LogP contribution < -0.4 is 4.74 Å². The van der Waals surface area contributed by atoms with Gasteiger partial charge in [-0.1, -0.05) is 24.3 Å². The van der Waals surface area contributed by atoms with Crippen LogP contribution in [0.5, 0.6) is 11.5 Å². The summed E-state index contributed by atoms with van der Waals surface area (Å²) < 4.78 is 75.5. The highest BCUT2D eigenvalue weighted by Gasteiger charge is 2.21. The second-order valence-corrected chi connectivity index (χ2v) is 11.3. The molecule has 2 atom stereocenters. The zero-order valence-corrected chi connectivity index (χ0v) is 27.7. The van der Waals surface area contributed by atoms with E-state index >= 15 is 0 Å². The highest BCUT2D eigenvalue weighted by molar-refractivity contribution is 5.96. The van der Waals surface area contributed by atoms with Gasteiger partial charge in [0.15, 0.2) is 6.29 Å². The highest BCUT2D eigenvalue weighted by Crippen LogP contribution is 2.31. The molecule has 0 aliphatic carbocycles. The first kappa shape index (κ1) is 37.7. The van der Waals surface area contributed by atoms with Crippen molar-refractivity contribution in [1.82, 2.24) is 0 Å². The molecule has 4 aromatic rings. The SMILES string of the molecule is CCOC(=O)C=C(c1ccc(OC2CCCCO2)cc1)c1cc(F)cc(F)c1.CCOC(=O)CC(c1ccc(O)cc1)c1cc(F)cc(F)c1. The topological polar surface area (TPSA) is 91.3 Å². The molecule has 4 aromatic carbocycles. The minimum absolute atomic E-state index is 0.0402. The normalized spacial score (nSPS) is 14.9. The van der Waals surface area contributed by atoms with Crippen molar-refractivity contribution in [3.63, 3.8) is 0 Å². The number of esters is 2. The summed E-state index contributed by atoms with van der Waals surface area (Å²) >= 11 is 0. The van der Waals surface area contributed by atoms with E-state index in [1.165, 1.54) is 42.5 Å². The van der Waals surface area contributed by atoms with Gasteiger partial charge in [0, 0.05) is 30.5 Å². The summed E-state index contributed by atoms with van der Waals surface area (Å²) in [5, 5.41) is 9.35. The number of carbonyl (C=O) groups excluding carboxylic acids is 2. The molecule has 0 spiro atoms. The minimum Gasteiger partial charge on any atom is -0.508 e. The van der Waals surface area contributed by atoms with E-state index in [2.05, 4.69) is 0 Å². The van der Waals surface area contributed by atoms with Crippen LogP contribution in [0, 0.1) is 23.3 Å². The molecule has 0 aromatic heterocycles. The Morgan fingerprint density at radius 2 is 1.38 bits per heavy atom. The number of phenols is 1. The van der Waals surface area contributed by atoms with E-state index in [4.69, 9.17) is 18.9 Å². The first-order valence-electron chi connectivity index (χ1n) is 16.2. The van der Waals surface area contributed by atoms with Gasteiger partial charge in [-0.15, -0.1) is 0 Å². The Morgan fingerprint density at radius 3 is 1.94 bits per heavy atom. The Balaban J connectivity index is 0.000000232. The number of aromatic hydroxyl groups is 1. The third-order valence-electron chi connectivity index (χ3n) is 7.55. The number of hydrogen-bond acceptors (Lipinski definition) is 7. The van der Waals surface area contributed by atoms with Crippen LogP contribution >= 0.6 is 0 Å². The molecule has 7 nitrogen and oxygen atoms in total. The summed E-state index contributed by atoms with van der Waals surface area (Å²) in [5.41, 5.74) is 2.22. The average molecular weight is 695 g/mol. The fourth-order valence-electron chi connectivity index (χ4n) is 5.31. The molecule has 11 heteroatoms. The maximum absolute atomic E-state index is 13.7. The average Bonchev–Trinajstić information content (AvgIpc) is 3.07. The molecule has 1 heterocycles. The van der Waals surface area contributed by atoms with E-state index in [0.29, 0.717) is 34.6 Å². The van der Waals surface area contributed by atoms with Gasteiger partial charge in [0.25, 0.3) is 0 Å². The number of ether oxygens (including phenoxy) is 4. The molecular weight excluding hydrogens is 656 g/mol. The van der Waals surface area contributed by atoms with E-state index in [1.54, 1.807) is 50.2 Å². The van der Waals surface area contributed by atoms with Crippen LogP contribution in [0.4, 0.5) is 17.6 Å². The van der Waals surface area contributed by atoms with Gasteiger partial charge in [-0.2, -0.15) is 0 Å². The lowest BCUT2D eigenvalue weighted by atomic mass is 9.88. The summed E-state index contributed by atoms with van der Waals surface area (Å²) in [6, 6.07) is 19.4. The van der Waals surface area contributed by atoms with Gasteiger partial charge in [0.2, 0.25) is 0 Å². The molecule has 5 rings (SSSR count). The molecule has 264 valence electrons. The van der Waals surface area contributed by atoms with Crippen molar-refractivity contribution in [2.45, 2.75) is 51.7 Å². The van der Waals surface area contributed by atoms with Gasteiger partial charge >= 0.3 is 11.9 Å². The molecule has 2 unspecified atom stereocenters. The second kappa shape index (κ2) is 18.6. The number of carbonyl (C=O) groups is 2. The molecule has 0 amide bonds. The van der Waals surface area contributed by atoms with Crippen molar-refractivity contribution >= 4 is 17.5 Å². The van der Waals surface area contributed by atoms with Gasteiger partial charge < -0.3 is 24.1 Å². The lowest BCUT2D eigenvalue weighted by Gasteiger charge is -2.23. The van der Waals surface area contributed by atoms with Crippen molar-refractivity contribution in [2.75, 3.05) is 19.8 Å². The molecule has 1 aliphatic heterocycles. The van der Waals surface area contributed by atoms with Crippen LogP contribution in [0.1, 0.15) is 67.7 Å². The van der Waals surface area contributed by atoms with Crippen LogP contribution in [-0.2, 0) is 23.8 Å². The summed E-state index contributed by atoms with van der Waals surface area (Å²) in [6.07, 6.45) is 3.84. The molecule has 50 heavy (non-hydrogen) atoms. The van der Waals surface area contributed by atoms with Gasteiger partial charge in [-0.05, 0) is 103 Å². The summed E-state index contributed by atoms with van der Waals surface area (Å²) in [5.74, 6) is -3.75. The van der Waals surface area contributed by atoms with Crippen LogP contribution in [-0.4, -0.2) is 43.2 Å². The summed E-state index contributed by atoms with van der Waals surface area (Å²) in [4.78, 5) is 23.8. The standard InChI is InChI=1S/C22H22F2O4.C17H16F2O3/c1-2-26-21(25)14-20(16-11-17(23)13-18(24)12-16)15-6-8-19(9-7-15)28-22-5-3-4-10-27-22;1-2-22-17(21)10-16(11-3-5-15(20)6-4-11)12-7-13(18)9-14(19)8-12/h6-9,11-14,22H,2-5,10H2,1H3;3-9,16,20H,2,10H2,1H3. The Labute approximate surface area is 288 Å². The summed E-state index contributed by atoms with van der Waals surface area (Å²) in [6.45, 7) is 4.50. The third-order valence-corrected chi connectivity index (χ3v) is 7.55. The molecule has 1 N–H and O–H groups in total. The van der Waals surface area contributed by atoms with Gasteiger partial charge in [0.1, 0.15) is 34.8 Å². The fourth-order valence-corrected chi connectivity index (χ4v) is 5.31. The maximum Gasteiger partial charge on any atom is 0.331 e. The number of halogens is 4. The van der Waals surface area contributed by atoms with E-state index in [9.17, 15) is 32.3 Å². The number of phenolic OH excluding ortho intramolecular Hbond substituents is 1. The smallest absolute Gasteiger partial charge is 0.331 e. The van der Waals surface area contributed by atoms with E-state index in [-0.39, 0.29) is 37.2 Å². The maximum atomic E-state index is 13.7. The molecule has 0 bridgehead atoms. The molecular formula is C39H38F4O7. The van der Waals surface area contributed by atoms with Crippen molar-refractivity contribution in [3.05, 3.63) is 137 Å². The third kappa shape index (κ3) is 11.5. The van der Waals surface area contributed by atoms with Crippen LogP contribution in [0.2, 0.25) is 0 Å².